The van der Waals surface area contributed by atoms with Crippen LogP contribution in [-0.4, -0.2) is 48.8 Å². The number of nitrogens with one attached hydrogen (secondary N) is 1. The van der Waals surface area contributed by atoms with E-state index in [1.807, 2.05) is 0 Å². The summed E-state index contributed by atoms with van der Waals surface area (Å²) in [7, 11) is -3.63. The van der Waals surface area contributed by atoms with E-state index in [0.717, 1.165) is 69.9 Å². The first kappa shape index (κ1) is 20.5. The molecule has 1 aromatic carbocycles. The van der Waals surface area contributed by atoms with E-state index < -0.39 is 15.8 Å². The topological polar surface area (TPSA) is 76.5 Å². The minimum atomic E-state index is -3.63. The quantitative estimate of drug-likeness (QED) is 0.771. The molecule has 2 aliphatic rings. The van der Waals surface area contributed by atoms with Crippen molar-refractivity contribution >= 4 is 10.0 Å². The van der Waals surface area contributed by atoms with Crippen LogP contribution in [0, 0.1) is 5.82 Å². The maximum atomic E-state index is 13.0. The van der Waals surface area contributed by atoms with Gasteiger partial charge in [-0.05, 0) is 44.0 Å². The van der Waals surface area contributed by atoms with E-state index in [4.69, 9.17) is 9.84 Å². The van der Waals surface area contributed by atoms with E-state index in [1.54, 1.807) is 0 Å². The predicted octanol–water partition coefficient (Wildman–Crippen LogP) is 2.06. The summed E-state index contributed by atoms with van der Waals surface area (Å²) < 4.78 is 48.5. The SMILES string of the molecule is CCn1nc(CN2CCC(NS(=O)(=O)c3ccc(F)cc3)CC2)c2c1CCOC2. The van der Waals surface area contributed by atoms with Gasteiger partial charge in [-0.3, -0.25) is 9.58 Å². The number of likely N-dealkylation sites (tertiary alicyclic amines) is 1. The van der Waals surface area contributed by atoms with Crippen LogP contribution in [-0.2, 0) is 40.9 Å². The third-order valence-electron chi connectivity index (χ3n) is 5.69. The van der Waals surface area contributed by atoms with Crippen molar-refractivity contribution in [1.82, 2.24) is 19.4 Å². The second-order valence-electron chi connectivity index (χ2n) is 7.62. The van der Waals surface area contributed by atoms with Crippen molar-refractivity contribution in [3.8, 4) is 0 Å². The average molecular weight is 423 g/mol. The van der Waals surface area contributed by atoms with Crippen molar-refractivity contribution in [3.63, 3.8) is 0 Å². The molecule has 0 unspecified atom stereocenters. The summed E-state index contributed by atoms with van der Waals surface area (Å²) in [6.45, 7) is 6.68. The molecule has 2 aromatic rings. The van der Waals surface area contributed by atoms with Crippen LogP contribution in [0.3, 0.4) is 0 Å². The zero-order valence-electron chi connectivity index (χ0n) is 16.6. The molecule has 1 N–H and O–H groups in total. The standard InChI is InChI=1S/C20H27FN4O3S/c1-2-25-20-9-12-28-14-18(20)19(22-25)13-24-10-7-16(8-11-24)23-29(26,27)17-5-3-15(21)4-6-17/h3-6,16,23H,2,7-14H2,1H3. The number of benzene rings is 1. The zero-order valence-corrected chi connectivity index (χ0v) is 17.4. The van der Waals surface area contributed by atoms with Gasteiger partial charge in [-0.2, -0.15) is 5.10 Å². The maximum Gasteiger partial charge on any atom is 0.240 e. The Morgan fingerprint density at radius 2 is 1.97 bits per heavy atom. The minimum absolute atomic E-state index is 0.0954. The fourth-order valence-electron chi connectivity index (χ4n) is 4.09. The molecule has 2 aliphatic heterocycles. The summed E-state index contributed by atoms with van der Waals surface area (Å²) in [5.41, 5.74) is 3.58. The highest BCUT2D eigenvalue weighted by Crippen LogP contribution is 2.24. The van der Waals surface area contributed by atoms with Crippen molar-refractivity contribution in [2.75, 3.05) is 19.7 Å². The Balaban J connectivity index is 1.35. The Bertz CT molecular complexity index is 951. The van der Waals surface area contributed by atoms with Crippen LogP contribution in [0.1, 0.15) is 36.7 Å². The number of fused-ring (bicyclic) bond motifs is 1. The number of hydrogen-bond acceptors (Lipinski definition) is 5. The molecule has 0 amide bonds. The molecule has 158 valence electrons. The highest BCUT2D eigenvalue weighted by molar-refractivity contribution is 7.89. The number of rotatable bonds is 6. The summed E-state index contributed by atoms with van der Waals surface area (Å²) in [4.78, 5) is 2.41. The molecule has 7 nitrogen and oxygen atoms in total. The Labute approximate surface area is 170 Å². The van der Waals surface area contributed by atoms with Gasteiger partial charge in [0, 0.05) is 49.9 Å². The Kier molecular flexibility index (Phi) is 6.00. The van der Waals surface area contributed by atoms with Gasteiger partial charge in [0.25, 0.3) is 0 Å². The van der Waals surface area contributed by atoms with Crippen molar-refractivity contribution in [1.29, 1.82) is 0 Å². The summed E-state index contributed by atoms with van der Waals surface area (Å²) in [6, 6.07) is 4.80. The van der Waals surface area contributed by atoms with E-state index in [1.165, 1.54) is 23.4 Å². The first-order chi connectivity index (χ1) is 14.0. The molecule has 0 saturated carbocycles. The monoisotopic (exact) mass is 422 g/mol. The van der Waals surface area contributed by atoms with Crippen LogP contribution in [0.4, 0.5) is 4.39 Å². The first-order valence-corrected chi connectivity index (χ1v) is 11.6. The maximum absolute atomic E-state index is 13.0. The molecule has 0 bridgehead atoms. The van der Waals surface area contributed by atoms with Gasteiger partial charge >= 0.3 is 0 Å². The molecule has 1 fully saturated rings. The lowest BCUT2D eigenvalue weighted by molar-refractivity contribution is 0.107. The fraction of sp³-hybridized carbons (Fsp3) is 0.550. The molecule has 9 heteroatoms. The molecule has 1 aromatic heterocycles. The molecule has 0 spiro atoms. The molecule has 29 heavy (non-hydrogen) atoms. The number of halogens is 1. The second kappa shape index (κ2) is 8.51. The van der Waals surface area contributed by atoms with Gasteiger partial charge in [-0.1, -0.05) is 0 Å². The number of aryl methyl sites for hydroxylation is 1. The first-order valence-electron chi connectivity index (χ1n) is 10.1. The van der Waals surface area contributed by atoms with Gasteiger partial charge < -0.3 is 4.74 Å². The summed E-state index contributed by atoms with van der Waals surface area (Å²) >= 11 is 0. The number of sulfonamides is 1. The lowest BCUT2D eigenvalue weighted by atomic mass is 10.0. The van der Waals surface area contributed by atoms with Gasteiger partial charge in [0.2, 0.25) is 10.0 Å². The van der Waals surface area contributed by atoms with E-state index >= 15 is 0 Å². The number of nitrogens with zero attached hydrogens (tertiary/aromatic N) is 3. The normalized spacial score (nSPS) is 18.7. The second-order valence-corrected chi connectivity index (χ2v) is 9.33. The van der Waals surface area contributed by atoms with Crippen LogP contribution < -0.4 is 4.72 Å². The molecular formula is C20H27FN4O3S. The zero-order chi connectivity index (χ0) is 20.4. The lowest BCUT2D eigenvalue weighted by Gasteiger charge is -2.32. The Hall–Kier alpha value is -1.81. The summed E-state index contributed by atoms with van der Waals surface area (Å²) in [5, 5.41) is 4.78. The number of aromatic nitrogens is 2. The van der Waals surface area contributed by atoms with E-state index in [2.05, 4.69) is 21.2 Å². The highest BCUT2D eigenvalue weighted by atomic mass is 32.2. The molecule has 0 atom stereocenters. The van der Waals surface area contributed by atoms with E-state index in [9.17, 15) is 12.8 Å². The van der Waals surface area contributed by atoms with Crippen LogP contribution >= 0.6 is 0 Å². The van der Waals surface area contributed by atoms with Crippen molar-refractivity contribution < 1.29 is 17.5 Å². The minimum Gasteiger partial charge on any atom is -0.376 e. The van der Waals surface area contributed by atoms with Gasteiger partial charge in [0.1, 0.15) is 5.82 Å². The number of ether oxygens (including phenoxy) is 1. The van der Waals surface area contributed by atoms with Gasteiger partial charge in [-0.25, -0.2) is 17.5 Å². The van der Waals surface area contributed by atoms with Crippen LogP contribution in [0.15, 0.2) is 29.2 Å². The Morgan fingerprint density at radius 1 is 1.24 bits per heavy atom. The third-order valence-corrected chi connectivity index (χ3v) is 7.22. The predicted molar refractivity (Wildman–Crippen MR) is 106 cm³/mol. The molecule has 3 heterocycles. The van der Waals surface area contributed by atoms with Crippen molar-refractivity contribution in [2.24, 2.45) is 0 Å². The largest absolute Gasteiger partial charge is 0.376 e. The van der Waals surface area contributed by atoms with Crippen LogP contribution in [0.5, 0.6) is 0 Å². The smallest absolute Gasteiger partial charge is 0.240 e. The number of piperidine rings is 1. The molecule has 0 aliphatic carbocycles. The van der Waals surface area contributed by atoms with E-state index in [0.29, 0.717) is 6.61 Å². The highest BCUT2D eigenvalue weighted by Gasteiger charge is 2.27. The van der Waals surface area contributed by atoms with Crippen LogP contribution in [0.25, 0.3) is 0 Å². The lowest BCUT2D eigenvalue weighted by Crippen LogP contribution is -2.44. The molecule has 4 rings (SSSR count). The number of hydrogen-bond donors (Lipinski definition) is 1. The van der Waals surface area contributed by atoms with Gasteiger partial charge in [-0.15, -0.1) is 0 Å². The Morgan fingerprint density at radius 3 is 2.66 bits per heavy atom. The summed E-state index contributed by atoms with van der Waals surface area (Å²) in [5.74, 6) is -0.449. The molecular weight excluding hydrogens is 395 g/mol. The van der Waals surface area contributed by atoms with E-state index in [-0.39, 0.29) is 10.9 Å². The van der Waals surface area contributed by atoms with Crippen molar-refractivity contribution in [3.05, 3.63) is 47.0 Å². The average Bonchev–Trinajstić information content (AvgIpc) is 3.07. The molecule has 1 saturated heterocycles. The summed E-state index contributed by atoms with van der Waals surface area (Å²) in [6.07, 6.45) is 2.37. The van der Waals surface area contributed by atoms with Crippen LogP contribution in [0.2, 0.25) is 0 Å². The molecule has 0 radical (unpaired) electrons. The fourth-order valence-corrected chi connectivity index (χ4v) is 5.39. The van der Waals surface area contributed by atoms with Gasteiger partial charge in [0.15, 0.2) is 0 Å². The third kappa shape index (κ3) is 4.53. The van der Waals surface area contributed by atoms with Crippen molar-refractivity contribution in [2.45, 2.75) is 56.8 Å². The van der Waals surface area contributed by atoms with Gasteiger partial charge in [0.05, 0.1) is 23.8 Å².